The third-order valence-electron chi connectivity index (χ3n) is 6.04. The molecule has 5 heteroatoms. The van der Waals surface area contributed by atoms with Crippen molar-refractivity contribution in [1.29, 1.82) is 0 Å². The second-order valence-corrected chi connectivity index (χ2v) is 10.2. The van der Waals surface area contributed by atoms with E-state index >= 15 is 0 Å². The molecule has 0 atom stereocenters. The van der Waals surface area contributed by atoms with Crippen LogP contribution in [0.25, 0.3) is 0 Å². The van der Waals surface area contributed by atoms with E-state index in [4.69, 9.17) is 9.47 Å². The number of carboxylic acid groups (broad SMARTS) is 1. The number of pyridine rings is 1. The van der Waals surface area contributed by atoms with Crippen LogP contribution in [0.2, 0.25) is 0 Å². The number of hydrogen-bond donors (Lipinski definition) is 1. The molecule has 1 N–H and O–H groups in total. The maximum absolute atomic E-state index is 11.3. The molecule has 35 heavy (non-hydrogen) atoms. The first-order chi connectivity index (χ1) is 16.5. The number of aromatic carboxylic acids is 1. The van der Waals surface area contributed by atoms with Gasteiger partial charge in [-0.1, -0.05) is 67.0 Å². The molecule has 5 nitrogen and oxygen atoms in total. The maximum Gasteiger partial charge on any atom is 0.358 e. The van der Waals surface area contributed by atoms with Crippen LogP contribution in [0.5, 0.6) is 5.75 Å². The number of carbonyl (C=O) groups is 1. The van der Waals surface area contributed by atoms with E-state index in [1.54, 1.807) is 6.07 Å². The first kappa shape index (κ1) is 28.3. The minimum absolute atomic E-state index is 0.0872. The van der Waals surface area contributed by atoms with Crippen LogP contribution in [-0.2, 0) is 11.3 Å². The lowest BCUT2D eigenvalue weighted by atomic mass is 9.72. The van der Waals surface area contributed by atoms with Crippen LogP contribution in [0.1, 0.15) is 83.8 Å². The predicted molar refractivity (Wildman–Crippen MR) is 143 cm³/mol. The lowest BCUT2D eigenvalue weighted by Gasteiger charge is -2.32. The zero-order chi connectivity index (χ0) is 26.0. The number of hydrogen-bond acceptors (Lipinski definition) is 4. The Kier molecular flexibility index (Phi) is 10.7. The van der Waals surface area contributed by atoms with Gasteiger partial charge in [0, 0.05) is 6.20 Å². The molecule has 1 heterocycles. The highest BCUT2D eigenvalue weighted by Gasteiger charge is 2.26. The van der Waals surface area contributed by atoms with Crippen LogP contribution in [0, 0.1) is 5.41 Å². The molecule has 0 aromatic carbocycles. The lowest BCUT2D eigenvalue weighted by molar-refractivity contribution is 0.0683. The summed E-state index contributed by atoms with van der Waals surface area (Å²) in [6, 6.07) is 1.68. The summed E-state index contributed by atoms with van der Waals surface area (Å²) in [6.07, 6.45) is 17.9. The van der Waals surface area contributed by atoms with Gasteiger partial charge in [-0.15, -0.1) is 0 Å². The summed E-state index contributed by atoms with van der Waals surface area (Å²) < 4.78 is 11.3. The zero-order valence-electron chi connectivity index (χ0n) is 22.4. The van der Waals surface area contributed by atoms with Crippen LogP contribution < -0.4 is 4.74 Å². The quantitative estimate of drug-likeness (QED) is 0.261. The van der Waals surface area contributed by atoms with Gasteiger partial charge in [0.2, 0.25) is 0 Å². The van der Waals surface area contributed by atoms with Gasteiger partial charge in [0.15, 0.2) is 11.4 Å². The highest BCUT2D eigenvalue weighted by atomic mass is 16.5. The normalized spacial score (nSPS) is 17.1. The van der Waals surface area contributed by atoms with Crippen LogP contribution in [0.3, 0.4) is 0 Å². The fourth-order valence-electron chi connectivity index (χ4n) is 4.14. The molecule has 0 saturated heterocycles. The molecule has 0 spiro atoms. The Morgan fingerprint density at radius 3 is 2.63 bits per heavy atom. The Morgan fingerprint density at radius 1 is 1.23 bits per heavy atom. The van der Waals surface area contributed by atoms with Crippen LogP contribution in [-0.4, -0.2) is 28.8 Å². The predicted octanol–water partition coefficient (Wildman–Crippen LogP) is 7.62. The van der Waals surface area contributed by atoms with Gasteiger partial charge in [-0.05, 0) is 76.5 Å². The summed E-state index contributed by atoms with van der Waals surface area (Å²) in [7, 11) is 0. The van der Waals surface area contributed by atoms with Gasteiger partial charge in [-0.3, -0.25) is 0 Å². The summed E-state index contributed by atoms with van der Waals surface area (Å²) in [4.78, 5) is 15.3. The molecule has 0 aliphatic heterocycles. The lowest BCUT2D eigenvalue weighted by Crippen LogP contribution is -2.19. The number of ether oxygens (including phenoxy) is 2. The van der Waals surface area contributed by atoms with E-state index in [1.807, 2.05) is 26.8 Å². The zero-order valence-corrected chi connectivity index (χ0v) is 22.4. The van der Waals surface area contributed by atoms with Crippen LogP contribution in [0.4, 0.5) is 0 Å². The average Bonchev–Trinajstić information content (AvgIpc) is 2.75. The minimum atomic E-state index is -1.11. The van der Waals surface area contributed by atoms with Gasteiger partial charge in [0.1, 0.15) is 0 Å². The van der Waals surface area contributed by atoms with E-state index in [0.717, 1.165) is 11.1 Å². The van der Waals surface area contributed by atoms with Gasteiger partial charge >= 0.3 is 5.97 Å². The summed E-state index contributed by atoms with van der Waals surface area (Å²) in [5.74, 6) is -0.846. The van der Waals surface area contributed by atoms with E-state index in [9.17, 15) is 9.90 Å². The van der Waals surface area contributed by atoms with E-state index in [2.05, 4.69) is 63.1 Å². The molecule has 1 aromatic rings. The topological polar surface area (TPSA) is 68.7 Å². The maximum atomic E-state index is 11.3. The summed E-state index contributed by atoms with van der Waals surface area (Å²) in [5.41, 5.74) is 6.24. The first-order valence-electron chi connectivity index (χ1n) is 12.4. The van der Waals surface area contributed by atoms with Crippen LogP contribution in [0.15, 0.2) is 71.0 Å². The molecule has 0 fully saturated rings. The molecule has 1 aromatic heterocycles. The molecule has 0 amide bonds. The Morgan fingerprint density at radius 2 is 1.97 bits per heavy atom. The van der Waals surface area contributed by atoms with Gasteiger partial charge in [-0.25, -0.2) is 9.78 Å². The van der Waals surface area contributed by atoms with Crippen molar-refractivity contribution in [3.05, 3.63) is 82.3 Å². The smallest absolute Gasteiger partial charge is 0.358 e. The second-order valence-electron chi connectivity index (χ2n) is 10.2. The summed E-state index contributed by atoms with van der Waals surface area (Å²) in [6.45, 7) is 15.6. The van der Waals surface area contributed by atoms with Crippen molar-refractivity contribution in [3.63, 3.8) is 0 Å². The molecule has 1 aliphatic carbocycles. The number of rotatable bonds is 11. The minimum Gasteiger partial charge on any atom is -0.488 e. The van der Waals surface area contributed by atoms with Gasteiger partial charge < -0.3 is 14.6 Å². The Balaban J connectivity index is 1.89. The van der Waals surface area contributed by atoms with E-state index in [0.29, 0.717) is 13.2 Å². The highest BCUT2D eigenvalue weighted by Crippen LogP contribution is 2.40. The summed E-state index contributed by atoms with van der Waals surface area (Å²) in [5, 5.41) is 9.27. The molecule has 0 saturated carbocycles. The Labute approximate surface area is 211 Å². The van der Waals surface area contributed by atoms with Gasteiger partial charge in [0.05, 0.1) is 19.3 Å². The third kappa shape index (κ3) is 9.33. The third-order valence-corrected chi connectivity index (χ3v) is 6.04. The number of allylic oxidation sites excluding steroid dienone is 9. The number of nitrogens with zero attached hydrogens (tertiary/aromatic N) is 1. The monoisotopic (exact) mass is 479 g/mol. The van der Waals surface area contributed by atoms with Crippen molar-refractivity contribution in [2.45, 2.75) is 80.4 Å². The van der Waals surface area contributed by atoms with E-state index in [1.165, 1.54) is 42.2 Å². The second kappa shape index (κ2) is 13.2. The fourth-order valence-corrected chi connectivity index (χ4v) is 4.14. The molecule has 0 unspecified atom stereocenters. The Hall–Kier alpha value is -2.92. The first-order valence-corrected chi connectivity index (χ1v) is 12.4. The number of aromatic nitrogens is 1. The number of carboxylic acids is 1. The van der Waals surface area contributed by atoms with Crippen molar-refractivity contribution >= 4 is 5.97 Å². The van der Waals surface area contributed by atoms with Crippen molar-refractivity contribution in [2.24, 2.45) is 5.41 Å². The summed E-state index contributed by atoms with van der Waals surface area (Å²) >= 11 is 0. The molecule has 1 aliphatic rings. The van der Waals surface area contributed by atoms with E-state index < -0.39 is 5.97 Å². The van der Waals surface area contributed by atoms with Crippen molar-refractivity contribution in [2.75, 3.05) is 6.61 Å². The SMILES string of the molecule is CC(C=CC1=C(C)CCCC1(C)C)=CC=CC(C)=CCOCc1cnc(C(=O)O)c(OC(C)C)c1. The molecule has 190 valence electrons. The standard InChI is InChI=1S/C30H41NO4/c1-21(2)35-27-18-25(19-31-28(27)29(32)33)20-34-17-15-23(4)11-8-10-22(3)13-14-26-24(5)12-9-16-30(26,6)7/h8,10-11,13-15,18-19,21H,9,12,16-17,20H2,1-7H3,(H,32,33). The highest BCUT2D eigenvalue weighted by molar-refractivity contribution is 5.88. The van der Waals surface area contributed by atoms with Crippen LogP contribution >= 0.6 is 0 Å². The average molecular weight is 480 g/mol. The van der Waals surface area contributed by atoms with E-state index in [-0.39, 0.29) is 23.0 Å². The largest absolute Gasteiger partial charge is 0.488 e. The van der Waals surface area contributed by atoms with Gasteiger partial charge in [0.25, 0.3) is 0 Å². The fraction of sp³-hybridized carbons (Fsp3) is 0.467. The molecule has 0 radical (unpaired) electrons. The van der Waals surface area contributed by atoms with Crippen molar-refractivity contribution in [1.82, 2.24) is 4.98 Å². The molecular weight excluding hydrogens is 438 g/mol. The molecule has 2 rings (SSSR count). The molecular formula is C30H41NO4. The van der Waals surface area contributed by atoms with Gasteiger partial charge in [-0.2, -0.15) is 0 Å². The van der Waals surface area contributed by atoms with Crippen molar-refractivity contribution in [3.8, 4) is 5.75 Å². The van der Waals surface area contributed by atoms with Crippen molar-refractivity contribution < 1.29 is 19.4 Å². The molecule has 0 bridgehead atoms. The Bertz CT molecular complexity index is 1040.